The van der Waals surface area contributed by atoms with Gasteiger partial charge in [0.05, 0.1) is 18.8 Å². The summed E-state index contributed by atoms with van der Waals surface area (Å²) < 4.78 is 50.3. The first-order chi connectivity index (χ1) is 22.3. The Labute approximate surface area is 266 Å². The number of carbonyl (C=O) groups excluding carboxylic acids is 2. The SMILES string of the molecule is O=C(Nc1ccc(C2CCN(C(C(=O)OC3CCOC3)c3ccccc3)CC2)cc1)c1ccccc1-c1ccc(C(F)(F)F)cc1. The predicted octanol–water partition coefficient (Wildman–Crippen LogP) is 7.88. The second kappa shape index (κ2) is 13.9. The Balaban J connectivity index is 1.09. The summed E-state index contributed by atoms with van der Waals surface area (Å²) in [5.74, 6) is -0.281. The third-order valence-corrected chi connectivity index (χ3v) is 8.74. The third-order valence-electron chi connectivity index (χ3n) is 8.74. The van der Waals surface area contributed by atoms with Gasteiger partial charge in [0.1, 0.15) is 12.1 Å². The number of hydrogen-bond acceptors (Lipinski definition) is 5. The molecule has 0 spiro atoms. The van der Waals surface area contributed by atoms with Crippen LogP contribution in [-0.4, -0.2) is 49.2 Å². The number of ether oxygens (including phenoxy) is 2. The minimum atomic E-state index is -4.43. The molecule has 1 N–H and O–H groups in total. The molecule has 0 aromatic heterocycles. The summed E-state index contributed by atoms with van der Waals surface area (Å²) in [6.45, 7) is 2.52. The Kier molecular flexibility index (Phi) is 9.51. The topological polar surface area (TPSA) is 67.9 Å². The number of piperidine rings is 1. The number of halogens is 3. The predicted molar refractivity (Wildman–Crippen MR) is 169 cm³/mol. The van der Waals surface area contributed by atoms with Crippen LogP contribution in [0.2, 0.25) is 0 Å². The Hall–Kier alpha value is -4.47. The van der Waals surface area contributed by atoms with E-state index in [-0.39, 0.29) is 18.0 Å². The molecule has 2 fully saturated rings. The second-order valence-corrected chi connectivity index (χ2v) is 11.7. The Morgan fingerprint density at radius 2 is 1.50 bits per heavy atom. The Bertz CT molecular complexity index is 1630. The molecule has 238 valence electrons. The van der Waals surface area contributed by atoms with Gasteiger partial charge in [0.15, 0.2) is 0 Å². The molecular formula is C37H35F3N2O4. The molecule has 4 aromatic carbocycles. The molecule has 6 rings (SSSR count). The fourth-order valence-corrected chi connectivity index (χ4v) is 6.27. The number of carbonyl (C=O) groups is 2. The van der Waals surface area contributed by atoms with E-state index < -0.39 is 17.8 Å². The first kappa shape index (κ1) is 31.5. The molecule has 4 aromatic rings. The van der Waals surface area contributed by atoms with Gasteiger partial charge in [0.25, 0.3) is 5.91 Å². The third kappa shape index (κ3) is 7.32. The van der Waals surface area contributed by atoms with Crippen molar-refractivity contribution < 1.29 is 32.2 Å². The van der Waals surface area contributed by atoms with Crippen LogP contribution in [0.5, 0.6) is 0 Å². The molecule has 0 saturated carbocycles. The van der Waals surface area contributed by atoms with Crippen LogP contribution in [0.15, 0.2) is 103 Å². The van der Waals surface area contributed by atoms with Crippen molar-refractivity contribution in [3.63, 3.8) is 0 Å². The van der Waals surface area contributed by atoms with Gasteiger partial charge in [-0.05, 0) is 84.4 Å². The van der Waals surface area contributed by atoms with E-state index in [1.165, 1.54) is 12.1 Å². The highest BCUT2D eigenvalue weighted by atomic mass is 19.4. The first-order valence-electron chi connectivity index (χ1n) is 15.5. The van der Waals surface area contributed by atoms with Crippen LogP contribution in [-0.2, 0) is 20.4 Å². The molecule has 6 nitrogen and oxygen atoms in total. The summed E-state index contributed by atoms with van der Waals surface area (Å²) in [7, 11) is 0. The van der Waals surface area contributed by atoms with Crippen molar-refractivity contribution in [2.75, 3.05) is 31.6 Å². The van der Waals surface area contributed by atoms with Crippen molar-refractivity contribution in [3.05, 3.63) is 125 Å². The van der Waals surface area contributed by atoms with Gasteiger partial charge >= 0.3 is 12.1 Å². The molecule has 2 heterocycles. The van der Waals surface area contributed by atoms with E-state index in [0.29, 0.717) is 41.5 Å². The van der Waals surface area contributed by atoms with E-state index in [1.54, 1.807) is 24.3 Å². The molecule has 0 bridgehead atoms. The molecule has 2 unspecified atom stereocenters. The summed E-state index contributed by atoms with van der Waals surface area (Å²) in [6.07, 6.45) is -2.17. The number of benzene rings is 4. The number of anilines is 1. The molecular weight excluding hydrogens is 593 g/mol. The number of rotatable bonds is 8. The average molecular weight is 629 g/mol. The zero-order valence-corrected chi connectivity index (χ0v) is 25.2. The fourth-order valence-electron chi connectivity index (χ4n) is 6.27. The molecule has 46 heavy (non-hydrogen) atoms. The van der Waals surface area contributed by atoms with Crippen LogP contribution in [0.4, 0.5) is 18.9 Å². The van der Waals surface area contributed by atoms with Gasteiger partial charge in [-0.15, -0.1) is 0 Å². The maximum atomic E-state index is 13.3. The highest BCUT2D eigenvalue weighted by molar-refractivity contribution is 6.08. The van der Waals surface area contributed by atoms with Crippen LogP contribution in [0.25, 0.3) is 11.1 Å². The van der Waals surface area contributed by atoms with E-state index in [9.17, 15) is 22.8 Å². The molecule has 0 aliphatic carbocycles. The van der Waals surface area contributed by atoms with Crippen molar-refractivity contribution >= 4 is 17.6 Å². The number of nitrogens with zero attached hydrogens (tertiary/aromatic N) is 1. The maximum Gasteiger partial charge on any atom is 0.416 e. The maximum absolute atomic E-state index is 13.3. The van der Waals surface area contributed by atoms with Crippen molar-refractivity contribution in [1.29, 1.82) is 0 Å². The van der Waals surface area contributed by atoms with Gasteiger partial charge in [-0.1, -0.05) is 72.8 Å². The molecule has 9 heteroatoms. The minimum absolute atomic E-state index is 0.200. The van der Waals surface area contributed by atoms with Gasteiger partial charge in [-0.3, -0.25) is 9.69 Å². The highest BCUT2D eigenvalue weighted by Gasteiger charge is 2.34. The lowest BCUT2D eigenvalue weighted by atomic mass is 9.88. The summed E-state index contributed by atoms with van der Waals surface area (Å²) in [4.78, 5) is 28.8. The molecule has 0 radical (unpaired) electrons. The zero-order chi connectivity index (χ0) is 32.1. The summed E-state index contributed by atoms with van der Waals surface area (Å²) in [5.41, 5.74) is 3.40. The number of amides is 1. The van der Waals surface area contributed by atoms with Gasteiger partial charge < -0.3 is 14.8 Å². The van der Waals surface area contributed by atoms with Crippen LogP contribution in [0.3, 0.4) is 0 Å². The van der Waals surface area contributed by atoms with Crippen molar-refractivity contribution in [2.24, 2.45) is 0 Å². The monoisotopic (exact) mass is 628 g/mol. The van der Waals surface area contributed by atoms with E-state index in [4.69, 9.17) is 9.47 Å². The molecule has 2 saturated heterocycles. The van der Waals surface area contributed by atoms with Gasteiger partial charge in [0.2, 0.25) is 0 Å². The zero-order valence-electron chi connectivity index (χ0n) is 25.2. The number of esters is 1. The summed E-state index contributed by atoms with van der Waals surface area (Å²) in [5, 5.41) is 2.93. The molecule has 1 amide bonds. The lowest BCUT2D eigenvalue weighted by Crippen LogP contribution is -2.41. The standard InChI is InChI=1S/C37H35F3N2O4/c38-37(39,40)29-14-10-27(11-15-29)32-8-4-5-9-33(32)35(43)41-30-16-12-25(13-17-30)26-18-21-42(22-19-26)34(28-6-2-1-3-7-28)36(44)46-31-20-23-45-24-31/h1-17,26,31,34H,18-24H2,(H,41,43). The second-order valence-electron chi connectivity index (χ2n) is 11.7. The fraction of sp³-hybridized carbons (Fsp3) is 0.297. The van der Waals surface area contributed by atoms with Gasteiger partial charge in [-0.2, -0.15) is 13.2 Å². The lowest BCUT2D eigenvalue weighted by molar-refractivity contribution is -0.156. The summed E-state index contributed by atoms with van der Waals surface area (Å²) in [6, 6.07) is 28.7. The van der Waals surface area contributed by atoms with Crippen LogP contribution < -0.4 is 5.32 Å². The smallest absolute Gasteiger partial charge is 0.416 e. The number of likely N-dealkylation sites (tertiary alicyclic amines) is 1. The minimum Gasteiger partial charge on any atom is -0.458 e. The van der Waals surface area contributed by atoms with Crippen LogP contribution in [0, 0.1) is 0 Å². The van der Waals surface area contributed by atoms with Gasteiger partial charge in [-0.25, -0.2) is 4.79 Å². The number of hydrogen-bond donors (Lipinski definition) is 1. The van der Waals surface area contributed by atoms with Crippen molar-refractivity contribution in [2.45, 2.75) is 43.5 Å². The molecule has 2 aliphatic rings. The largest absolute Gasteiger partial charge is 0.458 e. The van der Waals surface area contributed by atoms with Crippen LogP contribution in [0.1, 0.15) is 58.3 Å². The van der Waals surface area contributed by atoms with Crippen molar-refractivity contribution in [1.82, 2.24) is 4.90 Å². The Morgan fingerprint density at radius 1 is 0.826 bits per heavy atom. The molecule has 2 aliphatic heterocycles. The Morgan fingerprint density at radius 3 is 2.15 bits per heavy atom. The van der Waals surface area contributed by atoms with E-state index >= 15 is 0 Å². The summed E-state index contributed by atoms with van der Waals surface area (Å²) >= 11 is 0. The lowest BCUT2D eigenvalue weighted by Gasteiger charge is -2.37. The first-order valence-corrected chi connectivity index (χ1v) is 15.5. The van der Waals surface area contributed by atoms with E-state index in [1.807, 2.05) is 54.6 Å². The average Bonchev–Trinajstić information content (AvgIpc) is 3.59. The van der Waals surface area contributed by atoms with Crippen LogP contribution >= 0.6 is 0 Å². The quantitative estimate of drug-likeness (QED) is 0.201. The molecule has 2 atom stereocenters. The van der Waals surface area contributed by atoms with E-state index in [0.717, 1.165) is 55.6 Å². The van der Waals surface area contributed by atoms with Gasteiger partial charge in [0, 0.05) is 17.7 Å². The normalized spacial score (nSPS) is 18.2. The number of alkyl halides is 3. The highest BCUT2D eigenvalue weighted by Crippen LogP contribution is 2.35. The number of nitrogens with one attached hydrogen (secondary N) is 1. The van der Waals surface area contributed by atoms with E-state index in [2.05, 4.69) is 10.2 Å². The van der Waals surface area contributed by atoms with Crippen molar-refractivity contribution in [3.8, 4) is 11.1 Å².